The van der Waals surface area contributed by atoms with Crippen LogP contribution in [0.1, 0.15) is 40.0 Å². The topological polar surface area (TPSA) is 70.7 Å². The van der Waals surface area contributed by atoms with Crippen molar-refractivity contribution in [2.45, 2.75) is 45.6 Å². The fraction of sp³-hybridized carbons (Fsp3) is 0.500. The molecule has 0 bridgehead atoms. The molecule has 7 heteroatoms. The molecule has 0 spiro atoms. The van der Waals surface area contributed by atoms with Crippen molar-refractivity contribution < 1.29 is 18.7 Å². The van der Waals surface area contributed by atoms with Gasteiger partial charge >= 0.3 is 6.09 Å². The van der Waals surface area contributed by atoms with Gasteiger partial charge in [0.05, 0.1) is 0 Å². The Morgan fingerprint density at radius 3 is 2.65 bits per heavy atom. The minimum atomic E-state index is -0.578. The number of allylic oxidation sites excluding steroid dienone is 6. The molecule has 2 rings (SSSR count). The maximum atomic E-state index is 13.9. The summed E-state index contributed by atoms with van der Waals surface area (Å²) in [4.78, 5) is 25.6. The molecule has 0 atom stereocenters. The van der Waals surface area contributed by atoms with Crippen molar-refractivity contribution in [1.82, 2.24) is 15.5 Å². The van der Waals surface area contributed by atoms with E-state index in [2.05, 4.69) is 15.5 Å². The first-order valence-electron chi connectivity index (χ1n) is 10.8. The summed E-state index contributed by atoms with van der Waals surface area (Å²) in [5, 5.41) is 5.52. The second kappa shape index (κ2) is 14.4. The highest BCUT2D eigenvalue weighted by Crippen LogP contribution is 2.26. The van der Waals surface area contributed by atoms with Crippen molar-refractivity contribution in [3.8, 4) is 0 Å². The zero-order valence-corrected chi connectivity index (χ0v) is 19.1. The number of nitrogens with one attached hydrogen (secondary N) is 2. The number of aldehydes is 1. The molecule has 172 valence electrons. The number of alkyl carbamates (subject to hydrolysis) is 1. The number of rotatable bonds is 8. The summed E-state index contributed by atoms with van der Waals surface area (Å²) < 4.78 is 19.5. The van der Waals surface area contributed by atoms with E-state index >= 15 is 0 Å². The molecule has 0 aromatic rings. The number of amides is 1. The number of hydrogen-bond donors (Lipinski definition) is 2. The van der Waals surface area contributed by atoms with Crippen molar-refractivity contribution in [3.05, 3.63) is 59.6 Å². The molecule has 2 N–H and O–H groups in total. The quantitative estimate of drug-likeness (QED) is 0.341. The molecule has 1 heterocycles. The number of carbonyl (C=O) groups is 2. The lowest BCUT2D eigenvalue weighted by Gasteiger charge is -2.38. The summed E-state index contributed by atoms with van der Waals surface area (Å²) in [6, 6.07) is 0. The number of piperidine rings is 1. The molecule has 0 saturated carbocycles. The summed E-state index contributed by atoms with van der Waals surface area (Å²) >= 11 is 0. The van der Waals surface area contributed by atoms with Gasteiger partial charge in [0.1, 0.15) is 17.7 Å². The fourth-order valence-electron chi connectivity index (χ4n) is 3.17. The summed E-state index contributed by atoms with van der Waals surface area (Å²) in [6.07, 6.45) is 14.1. The van der Waals surface area contributed by atoms with Crippen molar-refractivity contribution in [2.75, 3.05) is 33.2 Å². The summed E-state index contributed by atoms with van der Waals surface area (Å²) in [5.74, 6) is -0.251. The van der Waals surface area contributed by atoms with Gasteiger partial charge in [-0.05, 0) is 32.0 Å². The highest BCUT2D eigenvalue weighted by molar-refractivity contribution is 5.74. The minimum absolute atomic E-state index is 0.0959. The van der Waals surface area contributed by atoms with Crippen LogP contribution in [0.3, 0.4) is 0 Å². The average molecular weight is 434 g/mol. The van der Waals surface area contributed by atoms with Crippen LogP contribution in [-0.4, -0.2) is 56.1 Å². The van der Waals surface area contributed by atoms with Gasteiger partial charge in [-0.1, -0.05) is 44.2 Å². The normalized spacial score (nSPS) is 18.8. The van der Waals surface area contributed by atoms with E-state index in [1.165, 1.54) is 0 Å². The molecule has 1 saturated heterocycles. The van der Waals surface area contributed by atoms with E-state index in [0.29, 0.717) is 30.5 Å². The fourth-order valence-corrected chi connectivity index (χ4v) is 3.17. The van der Waals surface area contributed by atoms with Crippen molar-refractivity contribution in [3.63, 3.8) is 0 Å². The number of likely N-dealkylation sites (tertiary alicyclic amines) is 1. The van der Waals surface area contributed by atoms with Gasteiger partial charge in [0.15, 0.2) is 0 Å². The van der Waals surface area contributed by atoms with Crippen LogP contribution >= 0.6 is 0 Å². The molecule has 1 aliphatic heterocycles. The molecule has 1 fully saturated rings. The first-order chi connectivity index (χ1) is 15.0. The Balaban J connectivity index is 0.00000233. The van der Waals surface area contributed by atoms with Crippen molar-refractivity contribution >= 4 is 12.4 Å². The van der Waals surface area contributed by atoms with Crippen LogP contribution in [0.5, 0.6) is 0 Å². The predicted molar refractivity (Wildman–Crippen MR) is 123 cm³/mol. The molecule has 6 nitrogen and oxygen atoms in total. The molecule has 0 aromatic carbocycles. The van der Waals surface area contributed by atoms with E-state index < -0.39 is 11.7 Å². The first kappa shape index (κ1) is 26.4. The Morgan fingerprint density at radius 1 is 1.29 bits per heavy atom. The van der Waals surface area contributed by atoms with E-state index in [4.69, 9.17) is 4.74 Å². The number of carbonyl (C=O) groups excluding carboxylic acids is 2. The van der Waals surface area contributed by atoms with Gasteiger partial charge in [-0.15, -0.1) is 0 Å². The Hall–Kier alpha value is -2.67. The van der Waals surface area contributed by atoms with Crippen molar-refractivity contribution in [2.24, 2.45) is 0 Å². The predicted octanol–water partition coefficient (Wildman–Crippen LogP) is 4.19. The number of hydrogen-bond acceptors (Lipinski definition) is 5. The van der Waals surface area contributed by atoms with Crippen LogP contribution in [0.25, 0.3) is 0 Å². The van der Waals surface area contributed by atoms with E-state index in [9.17, 15) is 14.0 Å². The Labute approximate surface area is 185 Å². The van der Waals surface area contributed by atoms with Gasteiger partial charge in [-0.2, -0.15) is 0 Å². The Bertz CT molecular complexity index is 730. The Morgan fingerprint density at radius 2 is 2.00 bits per heavy atom. The van der Waals surface area contributed by atoms with Crippen LogP contribution in [0.4, 0.5) is 9.18 Å². The highest BCUT2D eigenvalue weighted by Gasteiger charge is 2.33. The van der Waals surface area contributed by atoms with Crippen LogP contribution in [0.15, 0.2) is 59.6 Å². The molecule has 1 aliphatic carbocycles. The van der Waals surface area contributed by atoms with E-state index in [1.807, 2.05) is 20.8 Å². The number of ether oxygens (including phenoxy) is 1. The number of halogens is 1. The van der Waals surface area contributed by atoms with Gasteiger partial charge in [0.2, 0.25) is 0 Å². The molecule has 0 radical (unpaired) electrons. The molecule has 31 heavy (non-hydrogen) atoms. The second-order valence-electron chi connectivity index (χ2n) is 7.40. The van der Waals surface area contributed by atoms with Crippen LogP contribution in [0.2, 0.25) is 0 Å². The largest absolute Gasteiger partial charge is 0.443 e. The van der Waals surface area contributed by atoms with Crippen LogP contribution in [0, 0.1) is 0 Å². The molecule has 1 amide bonds. The summed E-state index contributed by atoms with van der Waals surface area (Å²) in [6.45, 7) is 8.01. The third-order valence-electron chi connectivity index (χ3n) is 5.00. The van der Waals surface area contributed by atoms with Gasteiger partial charge < -0.3 is 15.4 Å². The lowest BCUT2D eigenvalue weighted by Crippen LogP contribution is -2.47. The summed E-state index contributed by atoms with van der Waals surface area (Å²) in [7, 11) is 1.80. The maximum absolute atomic E-state index is 13.9. The average Bonchev–Trinajstić information content (AvgIpc) is 2.98. The third-order valence-corrected chi connectivity index (χ3v) is 5.00. The van der Waals surface area contributed by atoms with Crippen LogP contribution in [-0.2, 0) is 9.53 Å². The monoisotopic (exact) mass is 433 g/mol. The van der Waals surface area contributed by atoms with Crippen molar-refractivity contribution in [1.29, 1.82) is 0 Å². The molecular formula is C24H36FN3O3. The molecule has 0 aromatic heterocycles. The standard InChI is InChI=1S/C22H30FN3O3.C2H6/c1-22(29-21(28)25-15-19-8-4-3-5-9-20(19)23)10-13-26(14-11-22)16-18(17-27)7-6-12-24-2;1-2/h3-8,12,17,24H,9-11,13-16H2,1-2H3,(H,25,28);1-2H3/b12-6-,18-7-;. The lowest BCUT2D eigenvalue weighted by molar-refractivity contribution is -0.105. The minimum Gasteiger partial charge on any atom is -0.443 e. The van der Waals surface area contributed by atoms with Gasteiger partial charge in [-0.3, -0.25) is 9.69 Å². The number of nitrogens with zero attached hydrogens (tertiary/aromatic N) is 1. The van der Waals surface area contributed by atoms with Gasteiger partial charge in [0, 0.05) is 50.8 Å². The van der Waals surface area contributed by atoms with Gasteiger partial charge in [-0.25, -0.2) is 9.18 Å². The summed E-state index contributed by atoms with van der Waals surface area (Å²) in [5.41, 5.74) is 0.568. The first-order valence-corrected chi connectivity index (χ1v) is 10.8. The molecule has 2 aliphatic rings. The van der Waals surface area contributed by atoms with E-state index in [-0.39, 0.29) is 18.8 Å². The second-order valence-corrected chi connectivity index (χ2v) is 7.40. The van der Waals surface area contributed by atoms with E-state index in [0.717, 1.165) is 19.4 Å². The molecular weight excluding hydrogens is 397 g/mol. The Kier molecular flexibility index (Phi) is 12.2. The maximum Gasteiger partial charge on any atom is 0.407 e. The van der Waals surface area contributed by atoms with Gasteiger partial charge in [0.25, 0.3) is 0 Å². The SMILES string of the molecule is CC.CN/C=C\C=C(/C=O)CN1CCC(C)(OC(=O)NCC2=C(F)CC=CC=C2)CC1. The van der Waals surface area contributed by atoms with Crippen LogP contribution < -0.4 is 10.6 Å². The smallest absolute Gasteiger partial charge is 0.407 e. The zero-order valence-electron chi connectivity index (χ0n) is 19.1. The van der Waals surface area contributed by atoms with E-state index in [1.54, 1.807) is 49.7 Å². The third kappa shape index (κ3) is 9.79. The highest BCUT2D eigenvalue weighted by atomic mass is 19.1. The lowest BCUT2D eigenvalue weighted by atomic mass is 9.93. The zero-order chi connectivity index (χ0) is 23.1. The molecule has 0 unspecified atom stereocenters.